The van der Waals surface area contributed by atoms with Crippen LogP contribution >= 0.6 is 0 Å². The molecule has 0 unspecified atom stereocenters. The van der Waals surface area contributed by atoms with Crippen molar-refractivity contribution in [3.05, 3.63) is 0 Å². The van der Waals surface area contributed by atoms with Crippen LogP contribution in [0.3, 0.4) is 0 Å². The lowest BCUT2D eigenvalue weighted by Gasteiger charge is -2.06. The molecule has 0 heterocycles. The predicted octanol–water partition coefficient (Wildman–Crippen LogP) is 0.919. The summed E-state index contributed by atoms with van der Waals surface area (Å²) in [6.45, 7) is 5.82. The maximum atomic E-state index is 11.2. The normalized spacial score (nSPS) is 15.1. The fourth-order valence-electron chi connectivity index (χ4n) is 1.36. The second-order valence-corrected chi connectivity index (χ2v) is 4.40. The highest BCUT2D eigenvalue weighted by atomic mass is 16.5. The number of hydrogen-bond donors (Lipinski definition) is 2. The number of hydrogen-bond acceptors (Lipinski definition) is 3. The van der Waals surface area contributed by atoms with Gasteiger partial charge in [-0.25, -0.2) is 0 Å². The van der Waals surface area contributed by atoms with Crippen LogP contribution < -0.4 is 10.6 Å². The van der Waals surface area contributed by atoms with E-state index in [0.717, 1.165) is 45.1 Å². The first-order valence-electron chi connectivity index (χ1n) is 6.38. The van der Waals surface area contributed by atoms with Gasteiger partial charge in [-0.1, -0.05) is 6.92 Å². The minimum Gasteiger partial charge on any atom is -0.381 e. The highest BCUT2D eigenvalue weighted by Gasteiger charge is 2.20. The number of carbonyl (C=O) groups excluding carboxylic acids is 1. The molecule has 0 aromatic heterocycles. The summed E-state index contributed by atoms with van der Waals surface area (Å²) in [4.78, 5) is 11.2. The fraction of sp³-hybridized carbons (Fsp3) is 0.917. The van der Waals surface area contributed by atoms with E-state index in [1.165, 1.54) is 12.8 Å². The Balaban J connectivity index is 1.74. The molecule has 4 heteroatoms. The summed E-state index contributed by atoms with van der Waals surface area (Å²) < 4.78 is 5.49. The lowest BCUT2D eigenvalue weighted by molar-refractivity contribution is -0.120. The molecule has 16 heavy (non-hydrogen) atoms. The Morgan fingerprint density at radius 2 is 2.19 bits per heavy atom. The summed E-state index contributed by atoms with van der Waals surface area (Å²) >= 11 is 0. The minimum atomic E-state index is 0.0840. The summed E-state index contributed by atoms with van der Waals surface area (Å²) in [5.74, 6) is 0.925. The third-order valence-corrected chi connectivity index (χ3v) is 2.55. The number of amides is 1. The molecule has 0 spiro atoms. The standard InChI is InChI=1S/C12H24N2O2/c1-2-6-14-12(15)9-13-7-3-8-16-10-11-4-5-11/h11,13H,2-10H2,1H3,(H,14,15). The molecular formula is C12H24N2O2. The number of carbonyl (C=O) groups is 1. The average Bonchev–Trinajstić information content (AvgIpc) is 3.09. The van der Waals surface area contributed by atoms with Crippen molar-refractivity contribution in [3.63, 3.8) is 0 Å². The second kappa shape index (κ2) is 8.53. The maximum absolute atomic E-state index is 11.2. The van der Waals surface area contributed by atoms with Gasteiger partial charge in [-0.2, -0.15) is 0 Å². The summed E-state index contributed by atoms with van der Waals surface area (Å²) in [5.41, 5.74) is 0. The quantitative estimate of drug-likeness (QED) is 0.547. The second-order valence-electron chi connectivity index (χ2n) is 4.40. The topological polar surface area (TPSA) is 50.4 Å². The Hall–Kier alpha value is -0.610. The number of ether oxygens (including phenoxy) is 1. The van der Waals surface area contributed by atoms with Crippen LogP contribution in [0.5, 0.6) is 0 Å². The summed E-state index contributed by atoms with van der Waals surface area (Å²) in [6.07, 6.45) is 4.65. The van der Waals surface area contributed by atoms with Crippen LogP contribution in [-0.2, 0) is 9.53 Å². The summed E-state index contributed by atoms with van der Waals surface area (Å²) in [6, 6.07) is 0. The molecule has 0 aromatic carbocycles. The van der Waals surface area contributed by atoms with Crippen molar-refractivity contribution in [2.24, 2.45) is 5.92 Å². The van der Waals surface area contributed by atoms with Gasteiger partial charge in [0.25, 0.3) is 0 Å². The first-order chi connectivity index (χ1) is 7.83. The molecule has 94 valence electrons. The zero-order chi connectivity index (χ0) is 11.6. The van der Waals surface area contributed by atoms with E-state index < -0.39 is 0 Å². The summed E-state index contributed by atoms with van der Waals surface area (Å²) in [7, 11) is 0. The first kappa shape index (κ1) is 13.5. The molecule has 1 fully saturated rings. The van der Waals surface area contributed by atoms with Gasteiger partial charge >= 0.3 is 0 Å². The first-order valence-corrected chi connectivity index (χ1v) is 6.38. The van der Waals surface area contributed by atoms with Crippen LogP contribution in [0.25, 0.3) is 0 Å². The lowest BCUT2D eigenvalue weighted by Crippen LogP contribution is -2.34. The third kappa shape index (κ3) is 7.65. The highest BCUT2D eigenvalue weighted by Crippen LogP contribution is 2.28. The minimum absolute atomic E-state index is 0.0840. The maximum Gasteiger partial charge on any atom is 0.233 e. The summed E-state index contributed by atoms with van der Waals surface area (Å²) in [5, 5.41) is 5.93. The van der Waals surface area contributed by atoms with Crippen LogP contribution in [0.15, 0.2) is 0 Å². The van der Waals surface area contributed by atoms with Crippen LogP contribution in [0.4, 0.5) is 0 Å². The fourth-order valence-corrected chi connectivity index (χ4v) is 1.36. The largest absolute Gasteiger partial charge is 0.381 e. The monoisotopic (exact) mass is 228 g/mol. The predicted molar refractivity (Wildman–Crippen MR) is 64.3 cm³/mol. The van der Waals surface area contributed by atoms with E-state index >= 15 is 0 Å². The number of rotatable bonds is 10. The van der Waals surface area contributed by atoms with Crippen molar-refractivity contribution in [2.75, 3.05) is 32.8 Å². The van der Waals surface area contributed by atoms with Crippen molar-refractivity contribution in [1.29, 1.82) is 0 Å². The Labute approximate surface area is 98.1 Å². The Morgan fingerprint density at radius 3 is 2.88 bits per heavy atom. The molecule has 0 atom stereocenters. The molecule has 1 aliphatic rings. The zero-order valence-corrected chi connectivity index (χ0v) is 10.3. The van der Waals surface area contributed by atoms with E-state index in [2.05, 4.69) is 10.6 Å². The van der Waals surface area contributed by atoms with Gasteiger partial charge in [0.05, 0.1) is 6.54 Å². The van der Waals surface area contributed by atoms with Gasteiger partial charge in [0, 0.05) is 19.8 Å². The van der Waals surface area contributed by atoms with E-state index in [1.54, 1.807) is 0 Å². The Bertz CT molecular complexity index is 193. The molecule has 1 rings (SSSR count). The molecule has 1 aliphatic carbocycles. The third-order valence-electron chi connectivity index (χ3n) is 2.55. The molecule has 0 bridgehead atoms. The van der Waals surface area contributed by atoms with Crippen molar-refractivity contribution in [1.82, 2.24) is 10.6 Å². The molecular weight excluding hydrogens is 204 g/mol. The van der Waals surface area contributed by atoms with Gasteiger partial charge in [-0.3, -0.25) is 4.79 Å². The van der Waals surface area contributed by atoms with Crippen LogP contribution in [0.1, 0.15) is 32.6 Å². The SMILES string of the molecule is CCCNC(=O)CNCCCOCC1CC1. The smallest absolute Gasteiger partial charge is 0.233 e. The Kier molecular flexibility index (Phi) is 7.17. The van der Waals surface area contributed by atoms with E-state index in [4.69, 9.17) is 4.74 Å². The van der Waals surface area contributed by atoms with Gasteiger partial charge < -0.3 is 15.4 Å². The van der Waals surface area contributed by atoms with Crippen molar-refractivity contribution >= 4 is 5.91 Å². The molecule has 0 aliphatic heterocycles. The van der Waals surface area contributed by atoms with Gasteiger partial charge in [0.1, 0.15) is 0 Å². The van der Waals surface area contributed by atoms with Crippen molar-refractivity contribution < 1.29 is 9.53 Å². The van der Waals surface area contributed by atoms with E-state index in [0.29, 0.717) is 6.54 Å². The average molecular weight is 228 g/mol. The molecule has 4 nitrogen and oxygen atoms in total. The van der Waals surface area contributed by atoms with E-state index in [-0.39, 0.29) is 5.91 Å². The molecule has 0 aromatic rings. The zero-order valence-electron chi connectivity index (χ0n) is 10.3. The molecule has 1 saturated carbocycles. The van der Waals surface area contributed by atoms with Crippen LogP contribution in [0, 0.1) is 5.92 Å². The van der Waals surface area contributed by atoms with Crippen LogP contribution in [-0.4, -0.2) is 38.8 Å². The van der Waals surface area contributed by atoms with Crippen molar-refractivity contribution in [2.45, 2.75) is 32.6 Å². The van der Waals surface area contributed by atoms with E-state index in [1.807, 2.05) is 6.92 Å². The van der Waals surface area contributed by atoms with Crippen LogP contribution in [0.2, 0.25) is 0 Å². The van der Waals surface area contributed by atoms with E-state index in [9.17, 15) is 4.79 Å². The van der Waals surface area contributed by atoms with Gasteiger partial charge in [0.15, 0.2) is 0 Å². The molecule has 0 radical (unpaired) electrons. The van der Waals surface area contributed by atoms with Gasteiger partial charge in [0.2, 0.25) is 5.91 Å². The highest BCUT2D eigenvalue weighted by molar-refractivity contribution is 5.77. The van der Waals surface area contributed by atoms with Gasteiger partial charge in [-0.05, 0) is 38.1 Å². The Morgan fingerprint density at radius 1 is 1.38 bits per heavy atom. The number of nitrogens with one attached hydrogen (secondary N) is 2. The van der Waals surface area contributed by atoms with Crippen molar-refractivity contribution in [3.8, 4) is 0 Å². The van der Waals surface area contributed by atoms with Gasteiger partial charge in [-0.15, -0.1) is 0 Å². The lowest BCUT2D eigenvalue weighted by atomic mass is 10.4. The molecule has 2 N–H and O–H groups in total. The molecule has 0 saturated heterocycles. The molecule has 1 amide bonds.